The summed E-state index contributed by atoms with van der Waals surface area (Å²) in [5, 5.41) is 7.84. The van der Waals surface area contributed by atoms with Crippen LogP contribution in [0, 0.1) is 6.92 Å². The van der Waals surface area contributed by atoms with Gasteiger partial charge in [0.15, 0.2) is 0 Å². The van der Waals surface area contributed by atoms with Gasteiger partial charge in [-0.25, -0.2) is 0 Å². The van der Waals surface area contributed by atoms with Gasteiger partial charge in [0.25, 0.3) is 0 Å². The number of rotatable bonds is 4. The van der Waals surface area contributed by atoms with Crippen molar-refractivity contribution in [2.24, 2.45) is 0 Å². The molecule has 4 heteroatoms. The number of halogens is 1. The van der Waals surface area contributed by atoms with E-state index < -0.39 is 0 Å². The molecule has 2 aromatic heterocycles. The van der Waals surface area contributed by atoms with Gasteiger partial charge in [0.05, 0.1) is 0 Å². The maximum atomic E-state index is 3.56. The number of nitrogens with one attached hydrogen (secondary N) is 1. The minimum absolute atomic E-state index is 0.415. The molecule has 0 saturated heterocycles. The third-order valence-electron chi connectivity index (χ3n) is 2.55. The highest BCUT2D eigenvalue weighted by molar-refractivity contribution is 9.10. The van der Waals surface area contributed by atoms with Gasteiger partial charge in [-0.1, -0.05) is 0 Å². The Labute approximate surface area is 113 Å². The summed E-state index contributed by atoms with van der Waals surface area (Å²) in [6, 6.07) is 4.77. The molecule has 1 N–H and O–H groups in total. The average Bonchev–Trinajstić information content (AvgIpc) is 2.84. The molecule has 0 fully saturated rings. The maximum absolute atomic E-state index is 3.56. The van der Waals surface area contributed by atoms with Gasteiger partial charge in [0.2, 0.25) is 0 Å². The zero-order chi connectivity index (χ0) is 11.5. The van der Waals surface area contributed by atoms with Crippen LogP contribution in [0.15, 0.2) is 27.4 Å². The zero-order valence-electron chi connectivity index (χ0n) is 9.29. The second-order valence-corrected chi connectivity index (χ2v) is 6.66. The first-order valence-electron chi connectivity index (χ1n) is 5.17. The lowest BCUT2D eigenvalue weighted by Crippen LogP contribution is -2.16. The highest BCUT2D eigenvalue weighted by Gasteiger charge is 2.08. The molecule has 0 aliphatic rings. The molecule has 1 nitrogen and oxygen atoms in total. The van der Waals surface area contributed by atoms with Gasteiger partial charge >= 0.3 is 0 Å². The summed E-state index contributed by atoms with van der Waals surface area (Å²) < 4.78 is 1.17. The van der Waals surface area contributed by atoms with Crippen molar-refractivity contribution < 1.29 is 0 Å². The van der Waals surface area contributed by atoms with Gasteiger partial charge in [-0.15, -0.1) is 22.7 Å². The summed E-state index contributed by atoms with van der Waals surface area (Å²) in [6.45, 7) is 5.33. The van der Waals surface area contributed by atoms with Crippen molar-refractivity contribution in [3.05, 3.63) is 42.7 Å². The molecule has 2 aromatic rings. The predicted molar refractivity (Wildman–Crippen MR) is 76.3 cm³/mol. The zero-order valence-corrected chi connectivity index (χ0v) is 12.5. The van der Waals surface area contributed by atoms with Crippen LogP contribution < -0.4 is 5.32 Å². The molecule has 16 heavy (non-hydrogen) atoms. The summed E-state index contributed by atoms with van der Waals surface area (Å²) >= 11 is 7.10. The molecule has 0 aliphatic heterocycles. The molecule has 1 unspecified atom stereocenters. The molecule has 1 atom stereocenters. The van der Waals surface area contributed by atoms with E-state index >= 15 is 0 Å². The lowest BCUT2D eigenvalue weighted by atomic mass is 10.2. The first kappa shape index (κ1) is 12.3. The van der Waals surface area contributed by atoms with E-state index in [4.69, 9.17) is 0 Å². The summed E-state index contributed by atoms with van der Waals surface area (Å²) in [4.78, 5) is 2.81. The molecule has 0 bridgehead atoms. The first-order valence-corrected chi connectivity index (χ1v) is 7.72. The number of thiophene rings is 2. The lowest BCUT2D eigenvalue weighted by molar-refractivity contribution is 0.586. The Morgan fingerprint density at radius 2 is 2.25 bits per heavy atom. The van der Waals surface area contributed by atoms with Crippen molar-refractivity contribution in [1.29, 1.82) is 0 Å². The van der Waals surface area contributed by atoms with Crippen LogP contribution in [0.25, 0.3) is 0 Å². The van der Waals surface area contributed by atoms with E-state index in [1.54, 1.807) is 11.3 Å². The van der Waals surface area contributed by atoms with Gasteiger partial charge in [0.1, 0.15) is 0 Å². The number of hydrogen-bond donors (Lipinski definition) is 1. The molecule has 0 amide bonds. The van der Waals surface area contributed by atoms with E-state index in [1.807, 2.05) is 11.3 Å². The lowest BCUT2D eigenvalue weighted by Gasteiger charge is -2.11. The van der Waals surface area contributed by atoms with Crippen LogP contribution in [0.3, 0.4) is 0 Å². The quantitative estimate of drug-likeness (QED) is 0.860. The van der Waals surface area contributed by atoms with Crippen molar-refractivity contribution in [3.63, 3.8) is 0 Å². The molecule has 2 rings (SSSR count). The van der Waals surface area contributed by atoms with Crippen LogP contribution in [0.4, 0.5) is 0 Å². The van der Waals surface area contributed by atoms with Crippen LogP contribution in [-0.2, 0) is 6.54 Å². The normalized spacial score (nSPS) is 12.9. The van der Waals surface area contributed by atoms with Crippen LogP contribution in [-0.4, -0.2) is 0 Å². The van der Waals surface area contributed by atoms with Crippen molar-refractivity contribution in [1.82, 2.24) is 5.32 Å². The van der Waals surface area contributed by atoms with Gasteiger partial charge in [0, 0.05) is 32.2 Å². The number of aryl methyl sites for hydroxylation is 1. The highest BCUT2D eigenvalue weighted by atomic mass is 79.9. The largest absolute Gasteiger partial charge is 0.305 e. The molecule has 0 spiro atoms. The van der Waals surface area contributed by atoms with Gasteiger partial charge in [-0.05, 0) is 52.9 Å². The van der Waals surface area contributed by atoms with Crippen LogP contribution >= 0.6 is 38.6 Å². The standard InChI is InChI=1S/C12H14BrNS2/c1-8-3-4-15-12(8)6-14-9(2)11-5-10(13)7-16-11/h3-5,7,9,14H,6H2,1-2H3. The first-order chi connectivity index (χ1) is 7.66. The Kier molecular flexibility index (Phi) is 4.19. The predicted octanol–water partition coefficient (Wildman–Crippen LogP) is 4.73. The molecular weight excluding hydrogens is 302 g/mol. The Balaban J connectivity index is 1.93. The Morgan fingerprint density at radius 1 is 1.44 bits per heavy atom. The third kappa shape index (κ3) is 2.94. The fraction of sp³-hybridized carbons (Fsp3) is 0.333. The summed E-state index contributed by atoms with van der Waals surface area (Å²) in [6.07, 6.45) is 0. The van der Waals surface area contributed by atoms with E-state index in [9.17, 15) is 0 Å². The summed E-state index contributed by atoms with van der Waals surface area (Å²) in [5.41, 5.74) is 1.39. The number of hydrogen-bond acceptors (Lipinski definition) is 3. The van der Waals surface area contributed by atoms with E-state index in [0.717, 1.165) is 6.54 Å². The fourth-order valence-electron chi connectivity index (χ4n) is 1.49. The van der Waals surface area contributed by atoms with Gasteiger partial charge in [-0.3, -0.25) is 0 Å². The maximum Gasteiger partial charge on any atom is 0.0389 e. The minimum atomic E-state index is 0.415. The van der Waals surface area contributed by atoms with Crippen LogP contribution in [0.5, 0.6) is 0 Å². The molecular formula is C12H14BrNS2. The molecule has 2 heterocycles. The monoisotopic (exact) mass is 315 g/mol. The highest BCUT2D eigenvalue weighted by Crippen LogP contribution is 2.26. The molecule has 86 valence electrons. The Hall–Kier alpha value is -0.160. The van der Waals surface area contributed by atoms with Crippen molar-refractivity contribution in [3.8, 4) is 0 Å². The van der Waals surface area contributed by atoms with E-state index in [2.05, 4.69) is 58.0 Å². The minimum Gasteiger partial charge on any atom is -0.305 e. The Morgan fingerprint density at radius 3 is 2.81 bits per heavy atom. The second kappa shape index (κ2) is 5.45. The third-order valence-corrected chi connectivity index (χ3v) is 5.45. The van der Waals surface area contributed by atoms with Crippen molar-refractivity contribution >= 4 is 38.6 Å². The van der Waals surface area contributed by atoms with Gasteiger partial charge < -0.3 is 5.32 Å². The second-order valence-electron chi connectivity index (χ2n) is 3.80. The Bertz CT molecular complexity index is 461. The van der Waals surface area contributed by atoms with E-state index in [0.29, 0.717) is 6.04 Å². The van der Waals surface area contributed by atoms with Crippen LogP contribution in [0.1, 0.15) is 28.3 Å². The van der Waals surface area contributed by atoms with Crippen molar-refractivity contribution in [2.45, 2.75) is 26.4 Å². The summed E-state index contributed by atoms with van der Waals surface area (Å²) in [7, 11) is 0. The van der Waals surface area contributed by atoms with Gasteiger partial charge in [-0.2, -0.15) is 0 Å². The topological polar surface area (TPSA) is 12.0 Å². The molecule has 0 radical (unpaired) electrons. The smallest absolute Gasteiger partial charge is 0.0389 e. The average molecular weight is 316 g/mol. The fourth-order valence-corrected chi connectivity index (χ4v) is 3.82. The van der Waals surface area contributed by atoms with E-state index in [1.165, 1.54) is 19.8 Å². The molecule has 0 aliphatic carbocycles. The van der Waals surface area contributed by atoms with Crippen LogP contribution in [0.2, 0.25) is 0 Å². The molecule has 0 aromatic carbocycles. The van der Waals surface area contributed by atoms with E-state index in [-0.39, 0.29) is 0 Å². The summed E-state index contributed by atoms with van der Waals surface area (Å²) in [5.74, 6) is 0. The van der Waals surface area contributed by atoms with Crippen molar-refractivity contribution in [2.75, 3.05) is 0 Å². The SMILES string of the molecule is Cc1ccsc1CNC(C)c1cc(Br)cs1. The molecule has 0 saturated carbocycles.